The van der Waals surface area contributed by atoms with Crippen molar-refractivity contribution < 1.29 is 4.74 Å². The lowest BCUT2D eigenvalue weighted by molar-refractivity contribution is 0.186. The van der Waals surface area contributed by atoms with Crippen molar-refractivity contribution in [3.63, 3.8) is 0 Å². The molecule has 0 amide bonds. The third-order valence-electron chi connectivity index (χ3n) is 3.27. The second kappa shape index (κ2) is 8.96. The van der Waals surface area contributed by atoms with Gasteiger partial charge in [0.05, 0.1) is 17.9 Å². The van der Waals surface area contributed by atoms with Crippen molar-refractivity contribution in [1.29, 1.82) is 0 Å². The molecule has 2 aromatic carbocycles. The molecule has 0 spiro atoms. The molecule has 0 unspecified atom stereocenters. The predicted octanol–water partition coefficient (Wildman–Crippen LogP) is 4.51. The molecule has 2 aromatic rings. The van der Waals surface area contributed by atoms with Crippen LogP contribution in [0.25, 0.3) is 0 Å². The lowest BCUT2D eigenvalue weighted by Crippen LogP contribution is -2.16. The summed E-state index contributed by atoms with van der Waals surface area (Å²) < 4.78 is 5.11. The van der Waals surface area contributed by atoms with Crippen LogP contribution in [-0.2, 0) is 4.74 Å². The van der Waals surface area contributed by atoms with Gasteiger partial charge < -0.3 is 10.5 Å². The quantitative estimate of drug-likeness (QED) is 0.617. The third-order valence-corrected chi connectivity index (χ3v) is 4.65. The zero-order chi connectivity index (χ0) is 16.7. The van der Waals surface area contributed by atoms with Gasteiger partial charge in [0.25, 0.3) is 0 Å². The Hall–Kier alpha value is -1.49. The van der Waals surface area contributed by atoms with Crippen LogP contribution in [0.5, 0.6) is 0 Å². The largest absolute Gasteiger partial charge is 0.382 e. The third kappa shape index (κ3) is 5.57. The van der Waals surface area contributed by atoms with E-state index in [-0.39, 0.29) is 11.3 Å². The van der Waals surface area contributed by atoms with E-state index in [0.29, 0.717) is 11.8 Å². The molecule has 0 radical (unpaired) electrons. The highest BCUT2D eigenvalue weighted by molar-refractivity contribution is 8.14. The maximum Gasteiger partial charge on any atom is 0.155 e. The van der Waals surface area contributed by atoms with Crippen LogP contribution in [0.3, 0.4) is 0 Å². The summed E-state index contributed by atoms with van der Waals surface area (Å²) in [6.45, 7) is 2.54. The first-order chi connectivity index (χ1) is 11.1. The average Bonchev–Trinajstić information content (AvgIpc) is 2.54. The average molecular weight is 349 g/mol. The highest BCUT2D eigenvalue weighted by Gasteiger charge is 2.17. The van der Waals surface area contributed by atoms with Gasteiger partial charge in [-0.25, -0.2) is 0 Å². The number of halogens is 1. The molecule has 0 fully saturated rings. The molecule has 0 aliphatic rings. The van der Waals surface area contributed by atoms with Gasteiger partial charge in [-0.15, -0.1) is 0 Å². The Morgan fingerprint density at radius 3 is 2.35 bits per heavy atom. The lowest BCUT2D eigenvalue weighted by Gasteiger charge is -2.18. The van der Waals surface area contributed by atoms with Crippen LogP contribution >= 0.6 is 23.4 Å². The summed E-state index contributed by atoms with van der Waals surface area (Å²) in [6.07, 6.45) is 0. The molecular formula is C18H21ClN2OS. The van der Waals surface area contributed by atoms with Crippen LogP contribution in [0.4, 0.5) is 0 Å². The molecule has 0 bridgehead atoms. The van der Waals surface area contributed by atoms with Gasteiger partial charge in [-0.05, 0) is 30.2 Å². The SMILES string of the molecule is COC[C@H](C)N=C(N)S[C@H](c1ccccc1)c1ccc(Cl)cc1. The van der Waals surface area contributed by atoms with E-state index in [4.69, 9.17) is 22.1 Å². The van der Waals surface area contributed by atoms with Crippen LogP contribution in [0.2, 0.25) is 5.02 Å². The Kier molecular flexibility index (Phi) is 6.96. The van der Waals surface area contributed by atoms with Crippen molar-refractivity contribution in [3.05, 3.63) is 70.7 Å². The lowest BCUT2D eigenvalue weighted by atomic mass is 10.0. The van der Waals surface area contributed by atoms with E-state index < -0.39 is 0 Å². The van der Waals surface area contributed by atoms with Crippen LogP contribution in [-0.4, -0.2) is 24.9 Å². The number of nitrogens with two attached hydrogens (primary N) is 1. The van der Waals surface area contributed by atoms with Crippen LogP contribution in [0.15, 0.2) is 59.6 Å². The Balaban J connectivity index is 2.26. The Labute approximate surface area is 146 Å². The first-order valence-corrected chi connectivity index (χ1v) is 8.65. The molecule has 23 heavy (non-hydrogen) atoms. The van der Waals surface area contributed by atoms with E-state index in [1.807, 2.05) is 49.4 Å². The number of methoxy groups -OCH3 is 1. The van der Waals surface area contributed by atoms with Crippen LogP contribution in [0.1, 0.15) is 23.3 Å². The maximum atomic E-state index is 6.14. The minimum atomic E-state index is 0.0362. The molecule has 0 heterocycles. The van der Waals surface area contributed by atoms with Crippen molar-refractivity contribution in [2.24, 2.45) is 10.7 Å². The zero-order valence-corrected chi connectivity index (χ0v) is 14.8. The van der Waals surface area contributed by atoms with Gasteiger partial charge in [0, 0.05) is 12.1 Å². The van der Waals surface area contributed by atoms with Crippen molar-refractivity contribution >= 4 is 28.5 Å². The number of benzene rings is 2. The molecule has 122 valence electrons. The minimum Gasteiger partial charge on any atom is -0.382 e. The molecule has 0 aliphatic heterocycles. The summed E-state index contributed by atoms with van der Waals surface area (Å²) in [5.74, 6) is 0. The van der Waals surface area contributed by atoms with E-state index in [2.05, 4.69) is 17.1 Å². The standard InChI is InChI=1S/C18H21ClN2OS/c1-13(12-22-2)21-18(20)23-17(14-6-4-3-5-7-14)15-8-10-16(19)11-9-15/h3-11,13,17H,12H2,1-2H3,(H2,20,21)/t13-,17+/m0/s1. The Morgan fingerprint density at radius 2 is 1.74 bits per heavy atom. The number of amidine groups is 1. The molecule has 0 aromatic heterocycles. The predicted molar refractivity (Wildman–Crippen MR) is 100 cm³/mol. The molecule has 3 nitrogen and oxygen atoms in total. The molecular weight excluding hydrogens is 328 g/mol. The van der Waals surface area contributed by atoms with Crippen LogP contribution < -0.4 is 5.73 Å². The van der Waals surface area contributed by atoms with E-state index >= 15 is 0 Å². The van der Waals surface area contributed by atoms with E-state index in [1.54, 1.807) is 18.9 Å². The van der Waals surface area contributed by atoms with Crippen molar-refractivity contribution in [1.82, 2.24) is 0 Å². The first-order valence-electron chi connectivity index (χ1n) is 7.39. The van der Waals surface area contributed by atoms with Crippen molar-refractivity contribution in [3.8, 4) is 0 Å². The number of rotatable bonds is 6. The highest BCUT2D eigenvalue weighted by atomic mass is 35.5. The Morgan fingerprint density at radius 1 is 1.13 bits per heavy atom. The fourth-order valence-corrected chi connectivity index (χ4v) is 3.44. The number of ether oxygens (including phenoxy) is 1. The number of hydrogen-bond donors (Lipinski definition) is 1. The highest BCUT2D eigenvalue weighted by Crippen LogP contribution is 2.36. The zero-order valence-electron chi connectivity index (χ0n) is 13.3. The summed E-state index contributed by atoms with van der Waals surface area (Å²) in [6, 6.07) is 18.1. The van der Waals surface area contributed by atoms with Gasteiger partial charge in [-0.3, -0.25) is 4.99 Å². The molecule has 2 rings (SSSR count). The van der Waals surface area contributed by atoms with E-state index in [9.17, 15) is 0 Å². The summed E-state index contributed by atoms with van der Waals surface area (Å²) in [7, 11) is 1.66. The Bertz CT molecular complexity index is 631. The minimum absolute atomic E-state index is 0.0362. The number of thioether (sulfide) groups is 1. The fraction of sp³-hybridized carbons (Fsp3) is 0.278. The number of nitrogens with zero attached hydrogens (tertiary/aromatic N) is 1. The van der Waals surface area contributed by atoms with Crippen molar-refractivity contribution in [2.75, 3.05) is 13.7 Å². The van der Waals surface area contributed by atoms with Gasteiger partial charge in [0.2, 0.25) is 0 Å². The monoisotopic (exact) mass is 348 g/mol. The van der Waals surface area contributed by atoms with E-state index in [0.717, 1.165) is 10.6 Å². The summed E-state index contributed by atoms with van der Waals surface area (Å²) in [5.41, 5.74) is 8.46. The first kappa shape index (κ1) is 17.9. The molecule has 2 atom stereocenters. The normalized spacial score (nSPS) is 14.5. The fourth-order valence-electron chi connectivity index (χ4n) is 2.24. The number of aliphatic imine (C=N–C) groups is 1. The number of hydrogen-bond acceptors (Lipinski definition) is 3. The second-order valence-corrected chi connectivity index (χ2v) is 6.79. The summed E-state index contributed by atoms with van der Waals surface area (Å²) in [5, 5.41) is 1.35. The topological polar surface area (TPSA) is 47.6 Å². The van der Waals surface area contributed by atoms with Crippen molar-refractivity contribution in [2.45, 2.75) is 18.2 Å². The van der Waals surface area contributed by atoms with Gasteiger partial charge in [-0.2, -0.15) is 0 Å². The molecule has 0 saturated heterocycles. The van der Waals surface area contributed by atoms with Gasteiger partial charge in [0.1, 0.15) is 0 Å². The summed E-state index contributed by atoms with van der Waals surface area (Å²) >= 11 is 7.54. The van der Waals surface area contributed by atoms with Crippen LogP contribution in [0, 0.1) is 0 Å². The second-order valence-electron chi connectivity index (χ2n) is 5.23. The summed E-state index contributed by atoms with van der Waals surface area (Å²) in [4.78, 5) is 4.48. The maximum absolute atomic E-state index is 6.14. The van der Waals surface area contributed by atoms with Gasteiger partial charge >= 0.3 is 0 Å². The molecule has 0 saturated carbocycles. The smallest absolute Gasteiger partial charge is 0.155 e. The molecule has 2 N–H and O–H groups in total. The van der Waals surface area contributed by atoms with Gasteiger partial charge in [-0.1, -0.05) is 65.8 Å². The molecule has 0 aliphatic carbocycles. The van der Waals surface area contributed by atoms with Gasteiger partial charge in [0.15, 0.2) is 5.17 Å². The van der Waals surface area contributed by atoms with E-state index in [1.165, 1.54) is 5.56 Å². The molecule has 5 heteroatoms.